The molecule has 1 N–H and O–H groups in total. The van der Waals surface area contributed by atoms with Crippen LogP contribution in [0.3, 0.4) is 0 Å². The van der Waals surface area contributed by atoms with Crippen molar-refractivity contribution in [3.8, 4) is 0 Å². The third kappa shape index (κ3) is 2.78. The Hall–Kier alpha value is -1.61. The van der Waals surface area contributed by atoms with Crippen LogP contribution in [-0.2, 0) is 6.42 Å². The van der Waals surface area contributed by atoms with Crippen molar-refractivity contribution in [3.63, 3.8) is 0 Å². The zero-order valence-electron chi connectivity index (χ0n) is 11.8. The first-order valence-electron chi connectivity index (χ1n) is 7.07. The first kappa shape index (κ1) is 13.4. The minimum Gasteiger partial charge on any atom is -0.340 e. The molecule has 0 radical (unpaired) electrons. The molecular weight excluding hydrogens is 270 g/mol. The van der Waals surface area contributed by atoms with E-state index < -0.39 is 0 Å². The van der Waals surface area contributed by atoms with Crippen LogP contribution in [0.25, 0.3) is 0 Å². The molecule has 1 fully saturated rings. The number of nitrogens with one attached hydrogen (secondary N) is 1. The fraction of sp³-hybridized carbons (Fsp3) is 0.375. The highest BCUT2D eigenvalue weighted by molar-refractivity contribution is 6.30. The second-order valence-electron chi connectivity index (χ2n) is 5.30. The molecule has 1 aliphatic rings. The quantitative estimate of drug-likeness (QED) is 0.834. The minimum absolute atomic E-state index is 0.496. The maximum absolute atomic E-state index is 6.21. The SMILES string of the molecule is CCc1ccc(Nc2nc(C3CC3)nc(Cl)c2C)cc1. The predicted molar refractivity (Wildman–Crippen MR) is 82.9 cm³/mol. The summed E-state index contributed by atoms with van der Waals surface area (Å²) < 4.78 is 0. The van der Waals surface area contributed by atoms with Gasteiger partial charge in [-0.3, -0.25) is 0 Å². The first-order chi connectivity index (χ1) is 9.67. The fourth-order valence-electron chi connectivity index (χ4n) is 2.11. The third-order valence-corrected chi connectivity index (χ3v) is 4.04. The van der Waals surface area contributed by atoms with Gasteiger partial charge < -0.3 is 5.32 Å². The summed E-state index contributed by atoms with van der Waals surface area (Å²) in [6.45, 7) is 4.10. The smallest absolute Gasteiger partial charge is 0.138 e. The number of nitrogens with zero attached hydrogens (tertiary/aromatic N) is 2. The summed E-state index contributed by atoms with van der Waals surface area (Å²) in [5.41, 5.74) is 3.25. The number of benzene rings is 1. The van der Waals surface area contributed by atoms with Crippen LogP contribution in [0.1, 0.15) is 42.6 Å². The minimum atomic E-state index is 0.496. The molecule has 0 atom stereocenters. The van der Waals surface area contributed by atoms with Gasteiger partial charge >= 0.3 is 0 Å². The Morgan fingerprint density at radius 2 is 1.90 bits per heavy atom. The standard InChI is InChI=1S/C16H18ClN3/c1-3-11-4-8-13(9-5-11)18-15-10(2)14(17)19-16(20-15)12-6-7-12/h4-5,8-9,12H,3,6-7H2,1-2H3,(H,18,19,20). The lowest BCUT2D eigenvalue weighted by Crippen LogP contribution is -2.03. The van der Waals surface area contributed by atoms with Crippen LogP contribution >= 0.6 is 11.6 Å². The van der Waals surface area contributed by atoms with Crippen molar-refractivity contribution in [2.45, 2.75) is 39.0 Å². The molecule has 1 aromatic heterocycles. The van der Waals surface area contributed by atoms with Gasteiger partial charge in [0.15, 0.2) is 0 Å². The highest BCUT2D eigenvalue weighted by Gasteiger charge is 2.28. The second-order valence-corrected chi connectivity index (χ2v) is 5.65. The van der Waals surface area contributed by atoms with Crippen molar-refractivity contribution >= 4 is 23.1 Å². The average Bonchev–Trinajstić information content (AvgIpc) is 3.29. The predicted octanol–water partition coefficient (Wildman–Crippen LogP) is 4.62. The van der Waals surface area contributed by atoms with E-state index in [1.165, 1.54) is 18.4 Å². The second kappa shape index (κ2) is 5.41. The van der Waals surface area contributed by atoms with Crippen molar-refractivity contribution in [1.29, 1.82) is 0 Å². The van der Waals surface area contributed by atoms with Gasteiger partial charge in [0.1, 0.15) is 16.8 Å². The molecule has 3 nitrogen and oxygen atoms in total. The van der Waals surface area contributed by atoms with E-state index in [1.54, 1.807) is 0 Å². The molecule has 0 unspecified atom stereocenters. The monoisotopic (exact) mass is 287 g/mol. The molecule has 1 aromatic carbocycles. The molecule has 0 amide bonds. The molecular formula is C16H18ClN3. The van der Waals surface area contributed by atoms with Crippen LogP contribution in [0.4, 0.5) is 11.5 Å². The van der Waals surface area contributed by atoms with Gasteiger partial charge in [0.25, 0.3) is 0 Å². The summed E-state index contributed by atoms with van der Waals surface area (Å²) in [5, 5.41) is 3.90. The van der Waals surface area contributed by atoms with Crippen molar-refractivity contribution in [2.24, 2.45) is 0 Å². The van der Waals surface area contributed by atoms with E-state index in [1.807, 2.05) is 6.92 Å². The van der Waals surface area contributed by atoms with E-state index >= 15 is 0 Å². The summed E-state index contributed by atoms with van der Waals surface area (Å²) in [7, 11) is 0. The molecule has 1 saturated carbocycles. The van der Waals surface area contributed by atoms with Crippen LogP contribution in [0, 0.1) is 6.92 Å². The van der Waals surface area contributed by atoms with Gasteiger partial charge in [-0.2, -0.15) is 0 Å². The Balaban J connectivity index is 1.88. The highest BCUT2D eigenvalue weighted by atomic mass is 35.5. The number of halogens is 1. The molecule has 1 aliphatic carbocycles. The molecule has 0 bridgehead atoms. The largest absolute Gasteiger partial charge is 0.340 e. The molecule has 0 saturated heterocycles. The Morgan fingerprint density at radius 1 is 1.20 bits per heavy atom. The Labute approximate surface area is 124 Å². The molecule has 0 aliphatic heterocycles. The zero-order valence-corrected chi connectivity index (χ0v) is 12.5. The van der Waals surface area contributed by atoms with Gasteiger partial charge in [0.05, 0.1) is 0 Å². The molecule has 20 heavy (non-hydrogen) atoms. The van der Waals surface area contributed by atoms with Gasteiger partial charge in [-0.05, 0) is 43.9 Å². The summed E-state index contributed by atoms with van der Waals surface area (Å²) in [4.78, 5) is 9.01. The zero-order chi connectivity index (χ0) is 14.1. The third-order valence-electron chi connectivity index (χ3n) is 3.67. The molecule has 2 aromatic rings. The number of aromatic nitrogens is 2. The lowest BCUT2D eigenvalue weighted by atomic mass is 10.1. The van der Waals surface area contributed by atoms with E-state index in [9.17, 15) is 0 Å². The first-order valence-corrected chi connectivity index (χ1v) is 7.45. The highest BCUT2D eigenvalue weighted by Crippen LogP contribution is 2.39. The topological polar surface area (TPSA) is 37.8 Å². The normalized spacial score (nSPS) is 14.3. The van der Waals surface area contributed by atoms with E-state index in [-0.39, 0.29) is 0 Å². The molecule has 3 rings (SSSR count). The van der Waals surface area contributed by atoms with Gasteiger partial charge in [0, 0.05) is 17.2 Å². The van der Waals surface area contributed by atoms with Crippen LogP contribution < -0.4 is 5.32 Å². The van der Waals surface area contributed by atoms with Gasteiger partial charge in [-0.25, -0.2) is 9.97 Å². The van der Waals surface area contributed by atoms with Crippen LogP contribution in [0.5, 0.6) is 0 Å². The lowest BCUT2D eigenvalue weighted by molar-refractivity contribution is 0.922. The molecule has 1 heterocycles. The van der Waals surface area contributed by atoms with Crippen LogP contribution in [0.2, 0.25) is 5.15 Å². The van der Waals surface area contributed by atoms with E-state index in [2.05, 4.69) is 46.5 Å². The lowest BCUT2D eigenvalue weighted by Gasteiger charge is -2.11. The van der Waals surface area contributed by atoms with Gasteiger partial charge in [0.2, 0.25) is 0 Å². The van der Waals surface area contributed by atoms with Crippen molar-refractivity contribution < 1.29 is 0 Å². The van der Waals surface area contributed by atoms with Crippen molar-refractivity contribution in [2.75, 3.05) is 5.32 Å². The van der Waals surface area contributed by atoms with Gasteiger partial charge in [-0.15, -0.1) is 0 Å². The Bertz CT molecular complexity index is 618. The Kier molecular flexibility index (Phi) is 3.62. The van der Waals surface area contributed by atoms with Crippen molar-refractivity contribution in [3.05, 3.63) is 46.4 Å². The van der Waals surface area contributed by atoms with Crippen molar-refractivity contribution in [1.82, 2.24) is 9.97 Å². The summed E-state index contributed by atoms with van der Waals surface area (Å²) >= 11 is 6.21. The van der Waals surface area contributed by atoms with E-state index in [0.717, 1.165) is 29.3 Å². The Morgan fingerprint density at radius 3 is 2.50 bits per heavy atom. The number of hydrogen-bond acceptors (Lipinski definition) is 3. The van der Waals surface area contributed by atoms with Crippen LogP contribution in [0.15, 0.2) is 24.3 Å². The molecule has 4 heteroatoms. The average molecular weight is 288 g/mol. The van der Waals surface area contributed by atoms with E-state index in [4.69, 9.17) is 11.6 Å². The molecule has 104 valence electrons. The number of anilines is 2. The molecule has 0 spiro atoms. The summed E-state index contributed by atoms with van der Waals surface area (Å²) in [6, 6.07) is 8.40. The number of aryl methyl sites for hydroxylation is 1. The summed E-state index contributed by atoms with van der Waals surface area (Å²) in [6.07, 6.45) is 3.39. The maximum Gasteiger partial charge on any atom is 0.138 e. The number of hydrogen-bond donors (Lipinski definition) is 1. The van der Waals surface area contributed by atoms with Gasteiger partial charge in [-0.1, -0.05) is 30.7 Å². The maximum atomic E-state index is 6.21. The van der Waals surface area contributed by atoms with E-state index in [0.29, 0.717) is 11.1 Å². The van der Waals surface area contributed by atoms with Crippen LogP contribution in [-0.4, -0.2) is 9.97 Å². The summed E-state index contributed by atoms with van der Waals surface area (Å²) in [5.74, 6) is 2.18. The fourth-order valence-corrected chi connectivity index (χ4v) is 2.29. The number of rotatable bonds is 4.